The summed E-state index contributed by atoms with van der Waals surface area (Å²) in [6, 6.07) is 16.8. The monoisotopic (exact) mass is 436 g/mol. The highest BCUT2D eigenvalue weighted by Crippen LogP contribution is 2.30. The van der Waals surface area contributed by atoms with Crippen LogP contribution in [0.25, 0.3) is 0 Å². The highest BCUT2D eigenvalue weighted by molar-refractivity contribution is 6.31. The highest BCUT2D eigenvalue weighted by atomic mass is 35.5. The summed E-state index contributed by atoms with van der Waals surface area (Å²) in [5, 5.41) is 10.5. The first-order chi connectivity index (χ1) is 15.1. The van der Waals surface area contributed by atoms with Crippen molar-refractivity contribution in [2.24, 2.45) is 0 Å². The van der Waals surface area contributed by atoms with Crippen molar-refractivity contribution in [3.63, 3.8) is 0 Å². The van der Waals surface area contributed by atoms with Crippen LogP contribution in [0.5, 0.6) is 5.88 Å². The number of ketones is 1. The van der Waals surface area contributed by atoms with Gasteiger partial charge in [-0.15, -0.1) is 0 Å². The quantitative estimate of drug-likeness (QED) is 0.545. The second-order valence-corrected chi connectivity index (χ2v) is 8.01. The minimum Gasteiger partial charge on any atom is -0.471 e. The molecule has 0 spiro atoms. The molecular formula is C25H25ClN2O3. The molecule has 6 heteroatoms. The maximum atomic E-state index is 13.1. The van der Waals surface area contributed by atoms with Gasteiger partial charge in [0.25, 0.3) is 0 Å². The molecule has 0 unspecified atom stereocenters. The number of aromatic nitrogens is 1. The number of aliphatic hydroxyl groups is 1. The molecule has 0 bridgehead atoms. The number of carbonyl (C=O) groups excluding carboxylic acids is 1. The van der Waals surface area contributed by atoms with Gasteiger partial charge in [-0.3, -0.25) is 4.79 Å². The summed E-state index contributed by atoms with van der Waals surface area (Å²) in [4.78, 5) is 19.4. The molecule has 0 aliphatic carbocycles. The Labute approximate surface area is 187 Å². The summed E-state index contributed by atoms with van der Waals surface area (Å²) in [6.45, 7) is 3.35. The molecule has 0 radical (unpaired) electrons. The van der Waals surface area contributed by atoms with Crippen LogP contribution in [0.4, 0.5) is 5.69 Å². The van der Waals surface area contributed by atoms with E-state index >= 15 is 0 Å². The third kappa shape index (κ3) is 4.58. The molecule has 2 aromatic carbocycles. The van der Waals surface area contributed by atoms with Crippen molar-refractivity contribution in [3.8, 4) is 5.88 Å². The average Bonchev–Trinajstić information content (AvgIpc) is 3.28. The molecule has 1 atom stereocenters. The summed E-state index contributed by atoms with van der Waals surface area (Å²) in [5.41, 5.74) is 3.97. The Bertz CT molecular complexity index is 1090. The summed E-state index contributed by atoms with van der Waals surface area (Å²) in [6.07, 6.45) is 3.23. The van der Waals surface area contributed by atoms with Crippen LogP contribution >= 0.6 is 11.6 Å². The molecule has 1 fully saturated rings. The van der Waals surface area contributed by atoms with Crippen LogP contribution in [0, 0.1) is 0 Å². The Balaban J connectivity index is 1.52. The number of halogens is 1. The number of aliphatic hydroxyl groups excluding tert-OH is 1. The SMILES string of the molecule is CCc1ccccc1C(=O)c1ccc(N2CC[C@H](Oc3ncccc3Cl)C2)c(CO)c1. The molecular weight excluding hydrogens is 412 g/mol. The van der Waals surface area contributed by atoms with E-state index in [1.54, 1.807) is 24.4 Å². The molecule has 1 saturated heterocycles. The van der Waals surface area contributed by atoms with Gasteiger partial charge >= 0.3 is 0 Å². The van der Waals surface area contributed by atoms with Crippen molar-refractivity contribution in [2.75, 3.05) is 18.0 Å². The first-order valence-electron chi connectivity index (χ1n) is 10.5. The summed E-state index contributed by atoms with van der Waals surface area (Å²) in [5.74, 6) is 0.417. The second-order valence-electron chi connectivity index (χ2n) is 7.61. The van der Waals surface area contributed by atoms with E-state index in [0.717, 1.165) is 36.2 Å². The van der Waals surface area contributed by atoms with Gasteiger partial charge in [-0.1, -0.05) is 42.8 Å². The maximum absolute atomic E-state index is 13.1. The Morgan fingerprint density at radius 1 is 1.19 bits per heavy atom. The van der Waals surface area contributed by atoms with Crippen LogP contribution in [-0.2, 0) is 13.0 Å². The van der Waals surface area contributed by atoms with E-state index in [1.807, 2.05) is 43.3 Å². The predicted octanol–water partition coefficient (Wildman–Crippen LogP) is 4.68. The topological polar surface area (TPSA) is 62.7 Å². The number of carbonyl (C=O) groups is 1. The van der Waals surface area contributed by atoms with E-state index in [-0.39, 0.29) is 18.5 Å². The van der Waals surface area contributed by atoms with Crippen LogP contribution in [0.1, 0.15) is 40.4 Å². The van der Waals surface area contributed by atoms with Crippen LogP contribution in [0.3, 0.4) is 0 Å². The second kappa shape index (κ2) is 9.50. The fraction of sp³-hybridized carbons (Fsp3) is 0.280. The maximum Gasteiger partial charge on any atom is 0.232 e. The molecule has 2 heterocycles. The third-order valence-corrected chi connectivity index (χ3v) is 5.93. The molecule has 31 heavy (non-hydrogen) atoms. The zero-order chi connectivity index (χ0) is 21.8. The standard InChI is InChI=1S/C25H25ClN2O3/c1-2-17-6-3-4-7-21(17)24(30)18-9-10-23(19(14-18)16-29)28-13-11-20(15-28)31-25-22(26)8-5-12-27-25/h3-10,12,14,20,29H,2,11,13,15-16H2,1H3/t20-/m0/s1. The number of pyridine rings is 1. The van der Waals surface area contributed by atoms with Gasteiger partial charge in [-0.2, -0.15) is 0 Å². The van der Waals surface area contributed by atoms with Gasteiger partial charge in [-0.05, 0) is 42.3 Å². The smallest absolute Gasteiger partial charge is 0.232 e. The zero-order valence-corrected chi connectivity index (χ0v) is 18.2. The number of rotatable bonds is 7. The normalized spacial score (nSPS) is 15.8. The number of nitrogens with zero attached hydrogens (tertiary/aromatic N) is 2. The third-order valence-electron chi connectivity index (χ3n) is 5.64. The van der Waals surface area contributed by atoms with Crippen LogP contribution < -0.4 is 9.64 Å². The van der Waals surface area contributed by atoms with Crippen molar-refractivity contribution in [1.29, 1.82) is 0 Å². The Kier molecular flexibility index (Phi) is 6.54. The molecule has 1 aromatic heterocycles. The predicted molar refractivity (Wildman–Crippen MR) is 122 cm³/mol. The van der Waals surface area contributed by atoms with Gasteiger partial charge in [0.1, 0.15) is 11.1 Å². The first kappa shape index (κ1) is 21.3. The number of ether oxygens (including phenoxy) is 1. The van der Waals surface area contributed by atoms with Crippen LogP contribution in [-0.4, -0.2) is 35.1 Å². The van der Waals surface area contributed by atoms with Gasteiger partial charge in [0, 0.05) is 41.5 Å². The van der Waals surface area contributed by atoms with E-state index in [2.05, 4.69) is 9.88 Å². The van der Waals surface area contributed by atoms with E-state index in [9.17, 15) is 9.90 Å². The molecule has 0 saturated carbocycles. The Hall–Kier alpha value is -2.89. The number of anilines is 1. The summed E-state index contributed by atoms with van der Waals surface area (Å²) in [7, 11) is 0. The summed E-state index contributed by atoms with van der Waals surface area (Å²) < 4.78 is 5.98. The van der Waals surface area contributed by atoms with Crippen LogP contribution in [0.15, 0.2) is 60.8 Å². The van der Waals surface area contributed by atoms with E-state index < -0.39 is 0 Å². The fourth-order valence-electron chi connectivity index (χ4n) is 4.03. The minimum absolute atomic E-state index is 0.0221. The van der Waals surface area contributed by atoms with Crippen molar-refractivity contribution < 1.29 is 14.6 Å². The van der Waals surface area contributed by atoms with Crippen molar-refractivity contribution in [2.45, 2.75) is 32.5 Å². The van der Waals surface area contributed by atoms with Gasteiger partial charge in [0.05, 0.1) is 13.2 Å². The lowest BCUT2D eigenvalue weighted by Crippen LogP contribution is -2.25. The van der Waals surface area contributed by atoms with E-state index in [4.69, 9.17) is 16.3 Å². The Morgan fingerprint density at radius 3 is 2.81 bits per heavy atom. The van der Waals surface area contributed by atoms with Gasteiger partial charge in [0.2, 0.25) is 5.88 Å². The minimum atomic E-state index is -0.139. The molecule has 160 valence electrons. The lowest BCUT2D eigenvalue weighted by atomic mass is 9.95. The zero-order valence-electron chi connectivity index (χ0n) is 17.4. The molecule has 1 aliphatic rings. The number of hydrogen-bond donors (Lipinski definition) is 1. The summed E-state index contributed by atoms with van der Waals surface area (Å²) >= 11 is 6.16. The Morgan fingerprint density at radius 2 is 2.03 bits per heavy atom. The first-order valence-corrected chi connectivity index (χ1v) is 10.9. The van der Waals surface area contributed by atoms with Crippen molar-refractivity contribution >= 4 is 23.1 Å². The number of hydrogen-bond acceptors (Lipinski definition) is 5. The van der Waals surface area contributed by atoms with E-state index in [1.165, 1.54) is 0 Å². The molecule has 1 N–H and O–H groups in total. The van der Waals surface area contributed by atoms with E-state index in [0.29, 0.717) is 28.6 Å². The molecule has 5 nitrogen and oxygen atoms in total. The van der Waals surface area contributed by atoms with Crippen molar-refractivity contribution in [1.82, 2.24) is 4.98 Å². The fourth-order valence-corrected chi connectivity index (χ4v) is 4.19. The lowest BCUT2D eigenvalue weighted by Gasteiger charge is -2.22. The van der Waals surface area contributed by atoms with Crippen molar-refractivity contribution in [3.05, 3.63) is 88.1 Å². The van der Waals surface area contributed by atoms with Gasteiger partial charge in [-0.25, -0.2) is 4.98 Å². The number of aryl methyl sites for hydroxylation is 1. The number of benzene rings is 2. The molecule has 4 rings (SSSR count). The highest BCUT2D eigenvalue weighted by Gasteiger charge is 2.27. The van der Waals surface area contributed by atoms with Gasteiger partial charge in [0.15, 0.2) is 5.78 Å². The molecule has 0 amide bonds. The lowest BCUT2D eigenvalue weighted by molar-refractivity contribution is 0.103. The van der Waals surface area contributed by atoms with Gasteiger partial charge < -0.3 is 14.7 Å². The van der Waals surface area contributed by atoms with Crippen LogP contribution in [0.2, 0.25) is 5.02 Å². The largest absolute Gasteiger partial charge is 0.471 e. The average molecular weight is 437 g/mol. The molecule has 1 aliphatic heterocycles. The molecule has 3 aromatic rings.